The Kier molecular flexibility index (Phi) is 4.91. The van der Waals surface area contributed by atoms with Crippen LogP contribution in [0.25, 0.3) is 0 Å². The van der Waals surface area contributed by atoms with Crippen molar-refractivity contribution in [3.8, 4) is 5.75 Å². The van der Waals surface area contributed by atoms with Gasteiger partial charge in [-0.15, -0.1) is 11.6 Å². The molecule has 0 saturated heterocycles. The van der Waals surface area contributed by atoms with Gasteiger partial charge < -0.3 is 15.2 Å². The Morgan fingerprint density at radius 2 is 2.22 bits per heavy atom. The van der Waals surface area contributed by atoms with Gasteiger partial charge in [0.2, 0.25) is 0 Å². The Morgan fingerprint density at radius 3 is 2.78 bits per heavy atom. The second-order valence-electron chi connectivity index (χ2n) is 3.36. The van der Waals surface area contributed by atoms with Crippen molar-refractivity contribution in [3.05, 3.63) is 29.6 Å². The Balaban J connectivity index is 2.63. The number of halogens is 2. The van der Waals surface area contributed by atoms with Crippen molar-refractivity contribution in [1.29, 1.82) is 0 Å². The Bertz CT molecular complexity index is 466. The number of aromatic hydroxyl groups is 1. The lowest BCUT2D eigenvalue weighted by atomic mass is 10.2. The van der Waals surface area contributed by atoms with Crippen LogP contribution in [-0.4, -0.2) is 36.0 Å². The molecule has 0 aromatic heterocycles. The summed E-state index contributed by atoms with van der Waals surface area (Å²) in [5, 5.41) is 10.7. The average Bonchev–Trinajstić information content (AvgIpc) is 2.34. The normalized spacial score (nSPS) is 11.7. The molecule has 0 aliphatic carbocycles. The summed E-state index contributed by atoms with van der Waals surface area (Å²) >= 11 is 5.62. The molecule has 0 spiro atoms. The van der Waals surface area contributed by atoms with Gasteiger partial charge in [0.1, 0.15) is 16.9 Å². The fourth-order valence-corrected chi connectivity index (χ4v) is 1.35. The van der Waals surface area contributed by atoms with E-state index in [4.69, 9.17) is 11.6 Å². The van der Waals surface area contributed by atoms with E-state index in [2.05, 4.69) is 10.1 Å². The number of hydrogen-bond acceptors (Lipinski definition) is 4. The molecule has 0 bridgehead atoms. The highest BCUT2D eigenvalue weighted by molar-refractivity contribution is 6.30. The first-order valence-corrected chi connectivity index (χ1v) is 5.38. The molecule has 5 nitrogen and oxygen atoms in total. The Labute approximate surface area is 108 Å². The molecule has 0 aliphatic rings. The minimum absolute atomic E-state index is 0.106. The van der Waals surface area contributed by atoms with Gasteiger partial charge in [0.25, 0.3) is 5.91 Å². The fraction of sp³-hybridized carbons (Fsp3) is 0.273. The lowest BCUT2D eigenvalue weighted by molar-refractivity contribution is -0.140. The van der Waals surface area contributed by atoms with Gasteiger partial charge in [-0.2, -0.15) is 0 Å². The van der Waals surface area contributed by atoms with E-state index in [-0.39, 0.29) is 12.1 Å². The van der Waals surface area contributed by atoms with Crippen LogP contribution in [0.2, 0.25) is 0 Å². The van der Waals surface area contributed by atoms with E-state index in [0.29, 0.717) is 0 Å². The van der Waals surface area contributed by atoms with Crippen molar-refractivity contribution >= 4 is 23.5 Å². The lowest BCUT2D eigenvalue weighted by Gasteiger charge is -2.09. The summed E-state index contributed by atoms with van der Waals surface area (Å²) in [6.45, 7) is -0.163. The van der Waals surface area contributed by atoms with Gasteiger partial charge in [-0.05, 0) is 12.1 Å². The van der Waals surface area contributed by atoms with Crippen LogP contribution in [0.3, 0.4) is 0 Å². The molecule has 0 radical (unpaired) electrons. The van der Waals surface area contributed by atoms with E-state index in [0.717, 1.165) is 18.2 Å². The van der Waals surface area contributed by atoms with Crippen molar-refractivity contribution < 1.29 is 23.8 Å². The maximum Gasteiger partial charge on any atom is 0.325 e. The van der Waals surface area contributed by atoms with Gasteiger partial charge in [0.05, 0.1) is 12.7 Å². The van der Waals surface area contributed by atoms with Crippen molar-refractivity contribution in [1.82, 2.24) is 5.32 Å². The van der Waals surface area contributed by atoms with Gasteiger partial charge in [-0.25, -0.2) is 4.39 Å². The summed E-state index contributed by atoms with van der Waals surface area (Å²) in [6, 6.07) is 2.97. The maximum absolute atomic E-state index is 12.7. The summed E-state index contributed by atoms with van der Waals surface area (Å²) in [7, 11) is 1.17. The Hall–Kier alpha value is -1.82. The molecule has 0 saturated carbocycles. The number of alkyl halides is 1. The molecule has 1 rings (SSSR count). The number of phenolic OH excluding ortho intramolecular Hbond substituents is 1. The first kappa shape index (κ1) is 14.2. The number of methoxy groups -OCH3 is 1. The molecular weight excluding hydrogens is 265 g/mol. The van der Waals surface area contributed by atoms with Crippen LogP contribution in [-0.2, 0) is 9.53 Å². The molecule has 1 aromatic carbocycles. The second kappa shape index (κ2) is 6.20. The zero-order valence-corrected chi connectivity index (χ0v) is 10.2. The third-order valence-corrected chi connectivity index (χ3v) is 2.44. The maximum atomic E-state index is 12.7. The molecule has 7 heteroatoms. The van der Waals surface area contributed by atoms with E-state index in [9.17, 15) is 19.1 Å². The first-order valence-electron chi connectivity index (χ1n) is 4.94. The number of carbonyl (C=O) groups excluding carboxylic acids is 2. The van der Waals surface area contributed by atoms with Crippen molar-refractivity contribution in [2.75, 3.05) is 13.7 Å². The zero-order chi connectivity index (χ0) is 13.7. The smallest absolute Gasteiger partial charge is 0.325 e. The van der Waals surface area contributed by atoms with Crippen LogP contribution in [0.5, 0.6) is 5.75 Å². The number of ether oxygens (including phenoxy) is 1. The number of hydrogen-bond donors (Lipinski definition) is 2. The highest BCUT2D eigenvalue weighted by atomic mass is 35.5. The zero-order valence-electron chi connectivity index (χ0n) is 9.44. The number of rotatable bonds is 4. The Morgan fingerprint density at radius 1 is 1.56 bits per heavy atom. The van der Waals surface area contributed by atoms with Crippen LogP contribution >= 0.6 is 11.6 Å². The highest BCUT2D eigenvalue weighted by Crippen LogP contribution is 2.17. The summed E-state index contributed by atoms with van der Waals surface area (Å²) in [5.74, 6) is -2.49. The van der Waals surface area contributed by atoms with Gasteiger partial charge >= 0.3 is 5.97 Å². The largest absolute Gasteiger partial charge is 0.507 e. The van der Waals surface area contributed by atoms with Crippen LogP contribution in [0.4, 0.5) is 4.39 Å². The standard InChI is InChI=1S/C11H11ClFNO4/c1-18-11(17)8(12)5-14-10(16)7-3-2-6(13)4-9(7)15/h2-4,8,15H,5H2,1H3,(H,14,16). The molecular formula is C11H11ClFNO4. The monoisotopic (exact) mass is 275 g/mol. The third kappa shape index (κ3) is 3.59. The molecule has 1 unspecified atom stereocenters. The van der Waals surface area contributed by atoms with E-state index >= 15 is 0 Å². The van der Waals surface area contributed by atoms with E-state index in [1.54, 1.807) is 0 Å². The predicted molar refractivity (Wildman–Crippen MR) is 62.1 cm³/mol. The number of nitrogens with one attached hydrogen (secondary N) is 1. The summed E-state index contributed by atoms with van der Waals surface area (Å²) < 4.78 is 17.1. The van der Waals surface area contributed by atoms with Gasteiger partial charge in [0.15, 0.2) is 0 Å². The molecule has 18 heavy (non-hydrogen) atoms. The van der Waals surface area contributed by atoms with E-state index < -0.39 is 28.8 Å². The van der Waals surface area contributed by atoms with Crippen molar-refractivity contribution in [3.63, 3.8) is 0 Å². The van der Waals surface area contributed by atoms with Gasteiger partial charge in [-0.3, -0.25) is 9.59 Å². The number of benzene rings is 1. The number of carbonyl (C=O) groups is 2. The number of amides is 1. The van der Waals surface area contributed by atoms with Gasteiger partial charge in [0, 0.05) is 12.6 Å². The topological polar surface area (TPSA) is 75.6 Å². The minimum atomic E-state index is -1.03. The molecule has 0 heterocycles. The summed E-state index contributed by atoms with van der Waals surface area (Å²) in [4.78, 5) is 22.6. The first-order chi connectivity index (χ1) is 8.45. The lowest BCUT2D eigenvalue weighted by Crippen LogP contribution is -2.34. The van der Waals surface area contributed by atoms with Crippen molar-refractivity contribution in [2.45, 2.75) is 5.38 Å². The second-order valence-corrected chi connectivity index (χ2v) is 3.89. The highest BCUT2D eigenvalue weighted by Gasteiger charge is 2.18. The quantitative estimate of drug-likeness (QED) is 0.636. The van der Waals surface area contributed by atoms with Crippen LogP contribution in [0.1, 0.15) is 10.4 Å². The van der Waals surface area contributed by atoms with Crippen molar-refractivity contribution in [2.24, 2.45) is 0 Å². The van der Waals surface area contributed by atoms with E-state index in [1.807, 2.05) is 0 Å². The van der Waals surface area contributed by atoms with Crippen LogP contribution in [0.15, 0.2) is 18.2 Å². The van der Waals surface area contributed by atoms with Crippen LogP contribution in [0, 0.1) is 5.82 Å². The molecule has 1 atom stereocenters. The van der Waals surface area contributed by atoms with E-state index in [1.165, 1.54) is 7.11 Å². The molecule has 0 aliphatic heterocycles. The molecule has 1 amide bonds. The third-order valence-electron chi connectivity index (χ3n) is 2.10. The fourth-order valence-electron chi connectivity index (χ4n) is 1.19. The summed E-state index contributed by atoms with van der Waals surface area (Å²) in [6.07, 6.45) is 0. The molecule has 1 aromatic rings. The predicted octanol–water partition coefficient (Wildman–Crippen LogP) is 1.04. The average molecular weight is 276 g/mol. The SMILES string of the molecule is COC(=O)C(Cl)CNC(=O)c1ccc(F)cc1O. The number of phenols is 1. The summed E-state index contributed by atoms with van der Waals surface area (Å²) in [5.41, 5.74) is -0.106. The minimum Gasteiger partial charge on any atom is -0.507 e. The number of esters is 1. The molecule has 98 valence electrons. The molecule has 0 fully saturated rings. The van der Waals surface area contributed by atoms with Crippen LogP contribution < -0.4 is 5.32 Å². The van der Waals surface area contributed by atoms with Gasteiger partial charge in [-0.1, -0.05) is 0 Å². The molecule has 2 N–H and O–H groups in total.